The maximum Gasteiger partial charge on any atom is 0.128 e. The summed E-state index contributed by atoms with van der Waals surface area (Å²) < 4.78 is 16.0. The van der Waals surface area contributed by atoms with Crippen LogP contribution in [0.5, 0.6) is 0 Å². The number of imidazole rings is 1. The van der Waals surface area contributed by atoms with Crippen molar-refractivity contribution in [1.82, 2.24) is 19.8 Å². The molecule has 0 bridgehead atoms. The Balaban J connectivity index is 2.06. The van der Waals surface area contributed by atoms with Gasteiger partial charge in [0.25, 0.3) is 0 Å². The summed E-state index contributed by atoms with van der Waals surface area (Å²) in [7, 11) is 4.01. The quantitative estimate of drug-likeness (QED) is 0.849. The third kappa shape index (κ3) is 4.12. The molecule has 0 saturated heterocycles. The lowest BCUT2D eigenvalue weighted by Crippen LogP contribution is -2.33. The molecule has 0 radical (unpaired) electrons. The number of hydrogen-bond donors (Lipinski definition) is 1. The van der Waals surface area contributed by atoms with E-state index in [0.717, 1.165) is 25.5 Å². The number of likely N-dealkylation sites (N-methyl/N-ethyl adjacent to an activating group) is 2. The highest BCUT2D eigenvalue weighted by atomic mass is 19.1. The van der Waals surface area contributed by atoms with E-state index in [9.17, 15) is 4.39 Å². The number of nitrogens with zero attached hydrogens (tertiary/aromatic N) is 3. The number of rotatable bonds is 7. The molecule has 1 unspecified atom stereocenters. The molecule has 2 aromatic rings. The third-order valence-electron chi connectivity index (χ3n) is 3.56. The van der Waals surface area contributed by atoms with Gasteiger partial charge in [0.1, 0.15) is 11.6 Å². The van der Waals surface area contributed by atoms with E-state index in [-0.39, 0.29) is 11.9 Å². The zero-order valence-corrected chi connectivity index (χ0v) is 12.9. The average Bonchev–Trinajstić information content (AvgIpc) is 2.84. The molecule has 1 aromatic carbocycles. The topological polar surface area (TPSA) is 33.1 Å². The number of hydrogen-bond acceptors (Lipinski definition) is 3. The predicted octanol–water partition coefficient (Wildman–Crippen LogP) is 2.34. The Labute approximate surface area is 125 Å². The minimum absolute atomic E-state index is 0.0264. The molecule has 1 aromatic heterocycles. The summed E-state index contributed by atoms with van der Waals surface area (Å²) in [6, 6.07) is 6.93. The van der Waals surface area contributed by atoms with E-state index in [1.807, 2.05) is 43.9 Å². The molecule has 1 atom stereocenters. The van der Waals surface area contributed by atoms with Crippen LogP contribution in [0.4, 0.5) is 4.39 Å². The number of aromatic nitrogens is 2. The van der Waals surface area contributed by atoms with Gasteiger partial charge in [-0.2, -0.15) is 0 Å². The zero-order chi connectivity index (χ0) is 15.2. The van der Waals surface area contributed by atoms with Crippen molar-refractivity contribution < 1.29 is 4.39 Å². The van der Waals surface area contributed by atoms with Crippen LogP contribution in [0, 0.1) is 5.82 Å². The Morgan fingerprint density at radius 3 is 2.76 bits per heavy atom. The van der Waals surface area contributed by atoms with Crippen molar-refractivity contribution >= 4 is 0 Å². The molecule has 2 rings (SSSR count). The summed E-state index contributed by atoms with van der Waals surface area (Å²) in [6.07, 6.45) is 3.73. The second kappa shape index (κ2) is 7.33. The fourth-order valence-corrected chi connectivity index (χ4v) is 2.44. The molecular formula is C16H23FN4. The van der Waals surface area contributed by atoms with Gasteiger partial charge in [-0.25, -0.2) is 9.37 Å². The highest BCUT2D eigenvalue weighted by molar-refractivity contribution is 5.21. The largest absolute Gasteiger partial charge is 0.337 e. The van der Waals surface area contributed by atoms with Crippen LogP contribution in [-0.4, -0.2) is 34.6 Å². The van der Waals surface area contributed by atoms with E-state index >= 15 is 0 Å². The van der Waals surface area contributed by atoms with Crippen LogP contribution in [0.15, 0.2) is 36.7 Å². The van der Waals surface area contributed by atoms with Gasteiger partial charge < -0.3 is 9.88 Å². The van der Waals surface area contributed by atoms with Crippen LogP contribution in [0.1, 0.15) is 24.4 Å². The van der Waals surface area contributed by atoms with Crippen molar-refractivity contribution in [3.05, 3.63) is 53.9 Å². The van der Waals surface area contributed by atoms with Gasteiger partial charge in [0.05, 0.1) is 6.54 Å². The molecule has 0 spiro atoms. The number of aryl methyl sites for hydroxylation is 1. The smallest absolute Gasteiger partial charge is 0.128 e. The Morgan fingerprint density at radius 2 is 2.14 bits per heavy atom. The van der Waals surface area contributed by atoms with Crippen molar-refractivity contribution in [3.8, 4) is 0 Å². The molecule has 0 saturated carbocycles. The number of nitrogens with one attached hydrogen (secondary N) is 1. The molecule has 0 aliphatic heterocycles. The van der Waals surface area contributed by atoms with Crippen LogP contribution < -0.4 is 5.32 Å². The summed E-state index contributed by atoms with van der Waals surface area (Å²) >= 11 is 0. The van der Waals surface area contributed by atoms with Crippen LogP contribution in [0.2, 0.25) is 0 Å². The third-order valence-corrected chi connectivity index (χ3v) is 3.56. The van der Waals surface area contributed by atoms with Crippen molar-refractivity contribution in [3.63, 3.8) is 0 Å². The lowest BCUT2D eigenvalue weighted by Gasteiger charge is -2.25. The van der Waals surface area contributed by atoms with Gasteiger partial charge in [-0.3, -0.25) is 4.90 Å². The van der Waals surface area contributed by atoms with Crippen LogP contribution in [-0.2, 0) is 13.6 Å². The molecular weight excluding hydrogens is 267 g/mol. The lowest BCUT2D eigenvalue weighted by molar-refractivity contribution is 0.273. The maximum atomic E-state index is 14.0. The summed E-state index contributed by atoms with van der Waals surface area (Å²) in [5, 5.41) is 3.36. The highest BCUT2D eigenvalue weighted by Gasteiger charge is 2.17. The first-order valence-electron chi connectivity index (χ1n) is 7.24. The van der Waals surface area contributed by atoms with E-state index in [1.165, 1.54) is 6.07 Å². The van der Waals surface area contributed by atoms with Gasteiger partial charge in [0.15, 0.2) is 0 Å². The Morgan fingerprint density at radius 1 is 1.38 bits per heavy atom. The van der Waals surface area contributed by atoms with Gasteiger partial charge in [-0.05, 0) is 19.7 Å². The average molecular weight is 290 g/mol. The second-order valence-electron chi connectivity index (χ2n) is 5.28. The first-order valence-corrected chi connectivity index (χ1v) is 7.24. The van der Waals surface area contributed by atoms with Crippen LogP contribution in [0.25, 0.3) is 0 Å². The molecule has 1 heterocycles. The summed E-state index contributed by atoms with van der Waals surface area (Å²) in [5.74, 6) is 0.843. The van der Waals surface area contributed by atoms with E-state index in [4.69, 9.17) is 0 Å². The van der Waals surface area contributed by atoms with Crippen LogP contribution >= 0.6 is 0 Å². The molecule has 0 fully saturated rings. The van der Waals surface area contributed by atoms with E-state index in [0.29, 0.717) is 5.56 Å². The molecule has 21 heavy (non-hydrogen) atoms. The fraction of sp³-hybridized carbons (Fsp3) is 0.438. The van der Waals surface area contributed by atoms with Gasteiger partial charge in [-0.15, -0.1) is 0 Å². The molecule has 0 aliphatic carbocycles. The van der Waals surface area contributed by atoms with Crippen molar-refractivity contribution in [2.24, 2.45) is 7.05 Å². The standard InChI is InChI=1S/C16H23FN4/c1-4-18-15(13-7-5-6-8-14(13)17)11-20(2)12-16-19-9-10-21(16)3/h5-10,15,18H,4,11-12H2,1-3H3. The monoisotopic (exact) mass is 290 g/mol. The highest BCUT2D eigenvalue weighted by Crippen LogP contribution is 2.18. The number of halogens is 1. The molecule has 0 aliphatic rings. The Hall–Kier alpha value is -1.72. The lowest BCUT2D eigenvalue weighted by atomic mass is 10.1. The zero-order valence-electron chi connectivity index (χ0n) is 12.9. The normalized spacial score (nSPS) is 12.8. The van der Waals surface area contributed by atoms with Crippen molar-refractivity contribution in [2.75, 3.05) is 20.1 Å². The molecule has 1 N–H and O–H groups in total. The molecule has 5 heteroatoms. The van der Waals surface area contributed by atoms with Crippen molar-refractivity contribution in [1.29, 1.82) is 0 Å². The van der Waals surface area contributed by atoms with Crippen molar-refractivity contribution in [2.45, 2.75) is 19.5 Å². The van der Waals surface area contributed by atoms with E-state index in [1.54, 1.807) is 12.3 Å². The summed E-state index contributed by atoms with van der Waals surface area (Å²) in [6.45, 7) is 4.29. The molecule has 4 nitrogen and oxygen atoms in total. The Bertz CT molecular complexity index is 567. The predicted molar refractivity (Wildman–Crippen MR) is 82.4 cm³/mol. The minimum Gasteiger partial charge on any atom is -0.337 e. The first-order chi connectivity index (χ1) is 10.1. The minimum atomic E-state index is -0.158. The number of benzene rings is 1. The summed E-state index contributed by atoms with van der Waals surface area (Å²) in [4.78, 5) is 6.48. The SMILES string of the molecule is CCNC(CN(C)Cc1nccn1C)c1ccccc1F. The van der Waals surface area contributed by atoms with E-state index < -0.39 is 0 Å². The van der Waals surface area contributed by atoms with Gasteiger partial charge >= 0.3 is 0 Å². The van der Waals surface area contributed by atoms with E-state index in [2.05, 4.69) is 15.2 Å². The molecule has 114 valence electrons. The second-order valence-corrected chi connectivity index (χ2v) is 5.28. The first kappa shape index (κ1) is 15.7. The maximum absolute atomic E-state index is 14.0. The summed E-state index contributed by atoms with van der Waals surface area (Å²) in [5.41, 5.74) is 0.714. The van der Waals surface area contributed by atoms with Gasteiger partial charge in [0, 0.05) is 37.6 Å². The van der Waals surface area contributed by atoms with Gasteiger partial charge in [0.2, 0.25) is 0 Å². The van der Waals surface area contributed by atoms with Gasteiger partial charge in [-0.1, -0.05) is 25.1 Å². The van der Waals surface area contributed by atoms with Crippen LogP contribution in [0.3, 0.4) is 0 Å². The Kier molecular flexibility index (Phi) is 5.47. The molecule has 0 amide bonds. The fourth-order valence-electron chi connectivity index (χ4n) is 2.44.